The van der Waals surface area contributed by atoms with Gasteiger partial charge in [-0.1, -0.05) is 6.92 Å². The van der Waals surface area contributed by atoms with Crippen molar-refractivity contribution in [2.45, 2.75) is 39.8 Å². The minimum Gasteiger partial charge on any atom is -0.342 e. The van der Waals surface area contributed by atoms with E-state index in [-0.39, 0.29) is 11.9 Å². The topological polar surface area (TPSA) is 72.7 Å². The van der Waals surface area contributed by atoms with Crippen LogP contribution >= 0.6 is 0 Å². The van der Waals surface area contributed by atoms with Crippen LogP contribution in [0.5, 0.6) is 0 Å². The molecule has 1 N–H and O–H groups in total. The molecule has 0 fully saturated rings. The Labute approximate surface area is 118 Å². The van der Waals surface area contributed by atoms with Gasteiger partial charge in [-0.25, -0.2) is 9.67 Å². The van der Waals surface area contributed by atoms with Crippen molar-refractivity contribution in [3.63, 3.8) is 0 Å². The molecule has 0 radical (unpaired) electrons. The third kappa shape index (κ3) is 2.84. The Morgan fingerprint density at radius 3 is 2.85 bits per heavy atom. The Balaban J connectivity index is 2.19. The summed E-state index contributed by atoms with van der Waals surface area (Å²) in [5.41, 5.74) is 1.31. The van der Waals surface area contributed by atoms with Gasteiger partial charge < -0.3 is 5.32 Å². The van der Waals surface area contributed by atoms with Crippen molar-refractivity contribution in [1.82, 2.24) is 25.1 Å². The van der Waals surface area contributed by atoms with E-state index < -0.39 is 0 Å². The molecule has 20 heavy (non-hydrogen) atoms. The number of pyridine rings is 1. The van der Waals surface area contributed by atoms with Gasteiger partial charge in [0.15, 0.2) is 0 Å². The minimum absolute atomic E-state index is 0.131. The Bertz CT molecular complexity index is 593. The standard InChI is InChI=1S/C14H19N5O/c1-4-12(13-16-9-17-19(13)5-2)18-14(20)11-7-6-8-15-10(11)3/h6-9,12H,4-5H2,1-3H3,(H,18,20)/t12-/m0/s1. The molecular formula is C14H19N5O. The van der Waals surface area contributed by atoms with E-state index in [2.05, 4.69) is 20.4 Å². The molecule has 0 saturated heterocycles. The molecule has 2 rings (SSSR count). The van der Waals surface area contributed by atoms with E-state index >= 15 is 0 Å². The summed E-state index contributed by atoms with van der Waals surface area (Å²) in [4.78, 5) is 20.7. The molecule has 0 aliphatic rings. The summed E-state index contributed by atoms with van der Waals surface area (Å²) in [5.74, 6) is 0.651. The van der Waals surface area contributed by atoms with Gasteiger partial charge in [-0.15, -0.1) is 0 Å². The van der Waals surface area contributed by atoms with Crippen LogP contribution in [-0.4, -0.2) is 25.7 Å². The molecule has 0 unspecified atom stereocenters. The molecule has 6 nitrogen and oxygen atoms in total. The maximum atomic E-state index is 12.3. The number of aryl methyl sites for hydroxylation is 2. The summed E-state index contributed by atoms with van der Waals surface area (Å²) >= 11 is 0. The van der Waals surface area contributed by atoms with Crippen LogP contribution in [0.3, 0.4) is 0 Å². The zero-order chi connectivity index (χ0) is 14.5. The first-order chi connectivity index (χ1) is 9.67. The third-order valence-corrected chi connectivity index (χ3v) is 3.22. The molecule has 2 aromatic rings. The number of aromatic nitrogens is 4. The van der Waals surface area contributed by atoms with E-state index in [9.17, 15) is 4.79 Å². The van der Waals surface area contributed by atoms with Crippen LogP contribution < -0.4 is 5.32 Å². The quantitative estimate of drug-likeness (QED) is 0.902. The number of nitrogens with zero attached hydrogens (tertiary/aromatic N) is 4. The molecule has 2 heterocycles. The van der Waals surface area contributed by atoms with E-state index in [0.717, 1.165) is 24.5 Å². The van der Waals surface area contributed by atoms with Crippen LogP contribution in [0.4, 0.5) is 0 Å². The monoisotopic (exact) mass is 273 g/mol. The van der Waals surface area contributed by atoms with Crippen molar-refractivity contribution in [2.75, 3.05) is 0 Å². The summed E-state index contributed by atoms with van der Waals surface area (Å²) in [6.07, 6.45) is 3.95. The SMILES string of the molecule is CC[C@H](NC(=O)c1cccnc1C)c1ncnn1CC. The lowest BCUT2D eigenvalue weighted by Gasteiger charge is -2.17. The Kier molecular flexibility index (Phi) is 4.45. The molecular weight excluding hydrogens is 254 g/mol. The maximum Gasteiger partial charge on any atom is 0.253 e. The molecule has 0 spiro atoms. The predicted octanol–water partition coefficient (Wildman–Crippen LogP) is 1.88. The van der Waals surface area contributed by atoms with Gasteiger partial charge in [0.2, 0.25) is 0 Å². The molecule has 0 saturated carbocycles. The van der Waals surface area contributed by atoms with E-state index in [1.54, 1.807) is 23.0 Å². The van der Waals surface area contributed by atoms with Crippen LogP contribution in [0.25, 0.3) is 0 Å². The number of carbonyl (C=O) groups is 1. The van der Waals surface area contributed by atoms with E-state index in [4.69, 9.17) is 0 Å². The van der Waals surface area contributed by atoms with Crippen LogP contribution in [0, 0.1) is 6.92 Å². The first-order valence-corrected chi connectivity index (χ1v) is 6.77. The average Bonchev–Trinajstić information content (AvgIpc) is 2.93. The van der Waals surface area contributed by atoms with Gasteiger partial charge in [0.25, 0.3) is 5.91 Å². The number of nitrogens with one attached hydrogen (secondary N) is 1. The summed E-state index contributed by atoms with van der Waals surface area (Å²) < 4.78 is 1.80. The fraction of sp³-hybridized carbons (Fsp3) is 0.429. The van der Waals surface area contributed by atoms with Gasteiger partial charge >= 0.3 is 0 Å². The lowest BCUT2D eigenvalue weighted by molar-refractivity contribution is 0.0931. The number of rotatable bonds is 5. The van der Waals surface area contributed by atoms with Crippen LogP contribution in [0.1, 0.15) is 48.2 Å². The second kappa shape index (κ2) is 6.27. The van der Waals surface area contributed by atoms with E-state index in [1.807, 2.05) is 20.8 Å². The molecule has 0 aliphatic carbocycles. The molecule has 0 aliphatic heterocycles. The van der Waals surface area contributed by atoms with Gasteiger partial charge in [-0.2, -0.15) is 5.10 Å². The van der Waals surface area contributed by atoms with Gasteiger partial charge in [0.05, 0.1) is 11.6 Å². The molecule has 2 aromatic heterocycles. The molecule has 6 heteroatoms. The van der Waals surface area contributed by atoms with Crippen molar-refractivity contribution in [3.05, 3.63) is 41.7 Å². The Hall–Kier alpha value is -2.24. The van der Waals surface area contributed by atoms with Crippen LogP contribution in [-0.2, 0) is 6.54 Å². The number of amides is 1. The summed E-state index contributed by atoms with van der Waals surface area (Å²) in [5, 5.41) is 7.14. The molecule has 0 bridgehead atoms. The van der Waals surface area contributed by atoms with Crippen molar-refractivity contribution in [3.8, 4) is 0 Å². The maximum absolute atomic E-state index is 12.3. The zero-order valence-electron chi connectivity index (χ0n) is 12.0. The lowest BCUT2D eigenvalue weighted by Crippen LogP contribution is -2.31. The van der Waals surface area contributed by atoms with Crippen molar-refractivity contribution in [2.24, 2.45) is 0 Å². The largest absolute Gasteiger partial charge is 0.342 e. The van der Waals surface area contributed by atoms with E-state index in [0.29, 0.717) is 5.56 Å². The molecule has 1 amide bonds. The van der Waals surface area contributed by atoms with Gasteiger partial charge in [0.1, 0.15) is 12.2 Å². The summed E-state index contributed by atoms with van der Waals surface area (Å²) in [7, 11) is 0. The van der Waals surface area contributed by atoms with Crippen molar-refractivity contribution < 1.29 is 4.79 Å². The molecule has 106 valence electrons. The highest BCUT2D eigenvalue weighted by Crippen LogP contribution is 2.15. The molecule has 1 atom stereocenters. The van der Waals surface area contributed by atoms with E-state index in [1.165, 1.54) is 6.33 Å². The van der Waals surface area contributed by atoms with Gasteiger partial charge in [-0.05, 0) is 32.4 Å². The average molecular weight is 273 g/mol. The smallest absolute Gasteiger partial charge is 0.253 e. The van der Waals surface area contributed by atoms with Gasteiger partial charge in [0, 0.05) is 18.4 Å². The number of hydrogen-bond acceptors (Lipinski definition) is 4. The fourth-order valence-electron chi connectivity index (χ4n) is 2.10. The van der Waals surface area contributed by atoms with Crippen LogP contribution in [0.2, 0.25) is 0 Å². The lowest BCUT2D eigenvalue weighted by atomic mass is 10.1. The predicted molar refractivity (Wildman–Crippen MR) is 75.2 cm³/mol. The van der Waals surface area contributed by atoms with Crippen LogP contribution in [0.15, 0.2) is 24.7 Å². The highest BCUT2D eigenvalue weighted by atomic mass is 16.1. The highest BCUT2D eigenvalue weighted by molar-refractivity contribution is 5.95. The third-order valence-electron chi connectivity index (χ3n) is 3.22. The summed E-state index contributed by atoms with van der Waals surface area (Å²) in [6.45, 7) is 6.56. The normalized spacial score (nSPS) is 12.2. The summed E-state index contributed by atoms with van der Waals surface area (Å²) in [6, 6.07) is 3.39. The first kappa shape index (κ1) is 14.2. The minimum atomic E-state index is -0.149. The van der Waals surface area contributed by atoms with Gasteiger partial charge in [-0.3, -0.25) is 9.78 Å². The second-order valence-corrected chi connectivity index (χ2v) is 4.50. The highest BCUT2D eigenvalue weighted by Gasteiger charge is 2.19. The first-order valence-electron chi connectivity index (χ1n) is 6.77. The number of hydrogen-bond donors (Lipinski definition) is 1. The molecule has 0 aromatic carbocycles. The number of carbonyl (C=O) groups excluding carboxylic acids is 1. The van der Waals surface area contributed by atoms with Crippen molar-refractivity contribution >= 4 is 5.91 Å². The Morgan fingerprint density at radius 1 is 1.40 bits per heavy atom. The second-order valence-electron chi connectivity index (χ2n) is 4.50. The Morgan fingerprint density at radius 2 is 2.20 bits per heavy atom. The van der Waals surface area contributed by atoms with Crippen molar-refractivity contribution in [1.29, 1.82) is 0 Å². The fourth-order valence-corrected chi connectivity index (χ4v) is 2.10. The zero-order valence-corrected chi connectivity index (χ0v) is 12.0.